The summed E-state index contributed by atoms with van der Waals surface area (Å²) < 4.78 is 26.0. The van der Waals surface area contributed by atoms with Gasteiger partial charge in [0.2, 0.25) is 10.0 Å². The third kappa shape index (κ3) is 2.56. The number of hydrogen-bond acceptors (Lipinski definition) is 4. The molecule has 2 unspecified atom stereocenters. The van der Waals surface area contributed by atoms with E-state index in [0.717, 1.165) is 25.9 Å². The molecule has 0 radical (unpaired) electrons. The maximum absolute atomic E-state index is 12.2. The van der Waals surface area contributed by atoms with Crippen LogP contribution >= 0.6 is 0 Å². The molecule has 2 heterocycles. The maximum Gasteiger partial charge on any atom is 0.218 e. The number of nitrogens with one attached hydrogen (secondary N) is 2. The van der Waals surface area contributed by atoms with Gasteiger partial charge < -0.3 is 10.6 Å². The van der Waals surface area contributed by atoms with Gasteiger partial charge in [-0.25, -0.2) is 8.42 Å². The van der Waals surface area contributed by atoms with Gasteiger partial charge in [0, 0.05) is 32.2 Å². The Hall–Kier alpha value is -0.170. The second-order valence-corrected chi connectivity index (χ2v) is 7.06. The largest absolute Gasteiger partial charge is 0.314 e. The topological polar surface area (TPSA) is 61.4 Å². The second kappa shape index (κ2) is 5.00. The molecule has 16 heavy (non-hydrogen) atoms. The van der Waals surface area contributed by atoms with E-state index in [4.69, 9.17) is 0 Å². The Balaban J connectivity index is 2.04. The predicted octanol–water partition coefficient (Wildman–Crippen LogP) is -0.638. The van der Waals surface area contributed by atoms with E-state index in [2.05, 4.69) is 10.6 Å². The van der Waals surface area contributed by atoms with Crippen molar-refractivity contribution in [3.63, 3.8) is 0 Å². The molecule has 0 amide bonds. The van der Waals surface area contributed by atoms with Crippen molar-refractivity contribution in [2.75, 3.05) is 32.7 Å². The molecule has 2 aliphatic heterocycles. The number of rotatable bonds is 2. The monoisotopic (exact) mass is 247 g/mol. The molecule has 0 spiro atoms. The van der Waals surface area contributed by atoms with Gasteiger partial charge in [-0.2, -0.15) is 4.31 Å². The first-order valence-corrected chi connectivity index (χ1v) is 7.54. The van der Waals surface area contributed by atoms with Crippen LogP contribution in [0.2, 0.25) is 0 Å². The highest BCUT2D eigenvalue weighted by atomic mass is 32.2. The van der Waals surface area contributed by atoms with Gasteiger partial charge in [-0.3, -0.25) is 0 Å². The van der Waals surface area contributed by atoms with Crippen molar-refractivity contribution in [2.45, 2.75) is 31.1 Å². The lowest BCUT2D eigenvalue weighted by Crippen LogP contribution is -2.44. The molecule has 94 valence electrons. The van der Waals surface area contributed by atoms with E-state index >= 15 is 0 Å². The smallest absolute Gasteiger partial charge is 0.218 e. The van der Waals surface area contributed by atoms with E-state index in [1.54, 1.807) is 11.2 Å². The minimum atomic E-state index is -3.10. The van der Waals surface area contributed by atoms with Crippen LogP contribution in [0.1, 0.15) is 19.8 Å². The lowest BCUT2D eigenvalue weighted by molar-refractivity contribution is 0.375. The van der Waals surface area contributed by atoms with E-state index in [0.29, 0.717) is 25.7 Å². The number of sulfonamides is 1. The van der Waals surface area contributed by atoms with Crippen LogP contribution in [0.25, 0.3) is 0 Å². The highest BCUT2D eigenvalue weighted by molar-refractivity contribution is 7.89. The van der Waals surface area contributed by atoms with Crippen LogP contribution in [-0.4, -0.2) is 56.7 Å². The summed E-state index contributed by atoms with van der Waals surface area (Å²) in [5.41, 5.74) is 0. The third-order valence-corrected chi connectivity index (χ3v) is 5.66. The lowest BCUT2D eigenvalue weighted by atomic mass is 10.2. The summed E-state index contributed by atoms with van der Waals surface area (Å²) in [5.74, 6) is 0. The van der Waals surface area contributed by atoms with Crippen molar-refractivity contribution in [1.29, 1.82) is 0 Å². The summed E-state index contributed by atoms with van der Waals surface area (Å²) in [6.45, 7) is 5.36. The average molecular weight is 247 g/mol. The van der Waals surface area contributed by atoms with Gasteiger partial charge in [-0.15, -0.1) is 0 Å². The fourth-order valence-electron chi connectivity index (χ4n) is 2.35. The summed E-state index contributed by atoms with van der Waals surface area (Å²) in [6, 6.07) is 0.347. The van der Waals surface area contributed by atoms with Crippen molar-refractivity contribution in [3.8, 4) is 0 Å². The van der Waals surface area contributed by atoms with E-state index < -0.39 is 10.0 Å². The molecule has 0 aliphatic carbocycles. The maximum atomic E-state index is 12.2. The molecule has 0 aromatic carbocycles. The van der Waals surface area contributed by atoms with Gasteiger partial charge in [0.1, 0.15) is 0 Å². The van der Waals surface area contributed by atoms with E-state index in [9.17, 15) is 8.42 Å². The van der Waals surface area contributed by atoms with Crippen LogP contribution in [0.5, 0.6) is 0 Å². The molecule has 2 N–H and O–H groups in total. The molecule has 2 fully saturated rings. The Labute approximate surface area is 97.6 Å². The second-order valence-electron chi connectivity index (χ2n) is 4.71. The Morgan fingerprint density at radius 3 is 2.88 bits per heavy atom. The first-order chi connectivity index (χ1) is 7.60. The molecule has 0 bridgehead atoms. The van der Waals surface area contributed by atoms with Crippen LogP contribution < -0.4 is 10.6 Å². The zero-order valence-corrected chi connectivity index (χ0v) is 10.6. The first kappa shape index (κ1) is 12.3. The van der Waals surface area contributed by atoms with Crippen LogP contribution in [-0.2, 0) is 10.0 Å². The fourth-order valence-corrected chi connectivity index (χ4v) is 3.92. The molecule has 2 aliphatic rings. The molecule has 2 saturated heterocycles. The summed E-state index contributed by atoms with van der Waals surface area (Å²) in [5, 5.41) is 6.21. The van der Waals surface area contributed by atoms with Crippen LogP contribution in [0.3, 0.4) is 0 Å². The van der Waals surface area contributed by atoms with Gasteiger partial charge in [0.05, 0.1) is 5.25 Å². The highest BCUT2D eigenvalue weighted by Crippen LogP contribution is 2.14. The zero-order chi connectivity index (χ0) is 11.6. The Morgan fingerprint density at radius 1 is 1.38 bits per heavy atom. The summed E-state index contributed by atoms with van der Waals surface area (Å²) >= 11 is 0. The molecule has 6 heteroatoms. The normalized spacial score (nSPS) is 36.1. The van der Waals surface area contributed by atoms with Gasteiger partial charge in [0.25, 0.3) is 0 Å². The number of nitrogens with zero attached hydrogens (tertiary/aromatic N) is 1. The predicted molar refractivity (Wildman–Crippen MR) is 63.8 cm³/mol. The van der Waals surface area contributed by atoms with Crippen molar-refractivity contribution in [1.82, 2.24) is 14.9 Å². The van der Waals surface area contributed by atoms with E-state index in [-0.39, 0.29) is 5.25 Å². The molecule has 5 nitrogen and oxygen atoms in total. The van der Waals surface area contributed by atoms with Gasteiger partial charge in [0.15, 0.2) is 0 Å². The zero-order valence-electron chi connectivity index (χ0n) is 9.78. The van der Waals surface area contributed by atoms with Crippen LogP contribution in [0.15, 0.2) is 0 Å². The van der Waals surface area contributed by atoms with Crippen LogP contribution in [0, 0.1) is 0 Å². The number of hydrogen-bond donors (Lipinski definition) is 2. The molecule has 0 aromatic heterocycles. The van der Waals surface area contributed by atoms with Gasteiger partial charge >= 0.3 is 0 Å². The Morgan fingerprint density at radius 2 is 2.19 bits per heavy atom. The Kier molecular flexibility index (Phi) is 3.84. The molecule has 0 aromatic rings. The minimum absolute atomic E-state index is 0.309. The van der Waals surface area contributed by atoms with Crippen molar-refractivity contribution >= 4 is 10.0 Å². The summed E-state index contributed by atoms with van der Waals surface area (Å²) in [7, 11) is -3.10. The standard InChI is InChI=1S/C10H21N3O2S/c1-9-7-11-5-6-13(16(9,14)15)8-10-3-2-4-12-10/h9-12H,2-8H2,1H3. The molecule has 0 saturated carbocycles. The van der Waals surface area contributed by atoms with Crippen molar-refractivity contribution in [3.05, 3.63) is 0 Å². The van der Waals surface area contributed by atoms with Crippen molar-refractivity contribution in [2.24, 2.45) is 0 Å². The molecular weight excluding hydrogens is 226 g/mol. The summed E-state index contributed by atoms with van der Waals surface area (Å²) in [4.78, 5) is 0. The Bertz CT molecular complexity index is 325. The molecule has 2 atom stereocenters. The minimum Gasteiger partial charge on any atom is -0.314 e. The van der Waals surface area contributed by atoms with E-state index in [1.165, 1.54) is 0 Å². The van der Waals surface area contributed by atoms with E-state index in [1.807, 2.05) is 0 Å². The van der Waals surface area contributed by atoms with Gasteiger partial charge in [-0.1, -0.05) is 0 Å². The average Bonchev–Trinajstić information content (AvgIpc) is 2.70. The highest BCUT2D eigenvalue weighted by Gasteiger charge is 2.32. The SMILES string of the molecule is CC1CNCCN(CC2CCCN2)S1(=O)=O. The first-order valence-electron chi connectivity index (χ1n) is 6.04. The van der Waals surface area contributed by atoms with Gasteiger partial charge in [-0.05, 0) is 26.3 Å². The molecule has 2 rings (SSSR count). The summed E-state index contributed by atoms with van der Waals surface area (Å²) in [6.07, 6.45) is 2.25. The third-order valence-electron chi connectivity index (χ3n) is 3.42. The quantitative estimate of drug-likeness (QED) is 0.681. The lowest BCUT2D eigenvalue weighted by Gasteiger charge is -2.25. The fraction of sp³-hybridized carbons (Fsp3) is 1.00. The van der Waals surface area contributed by atoms with Crippen LogP contribution in [0.4, 0.5) is 0 Å². The molecular formula is C10H21N3O2S. The van der Waals surface area contributed by atoms with Crippen molar-refractivity contribution < 1.29 is 8.42 Å².